The van der Waals surface area contributed by atoms with Gasteiger partial charge in [-0.25, -0.2) is 0 Å². The molecule has 0 aliphatic rings. The van der Waals surface area contributed by atoms with Crippen LogP contribution in [0.25, 0.3) is 91.5 Å². The van der Waals surface area contributed by atoms with Crippen molar-refractivity contribution in [1.82, 2.24) is 4.57 Å². The average Bonchev–Trinajstić information content (AvgIpc) is 3.94. The molecule has 0 spiro atoms. The van der Waals surface area contributed by atoms with Gasteiger partial charge in [0.15, 0.2) is 0 Å². The van der Waals surface area contributed by atoms with Crippen molar-refractivity contribution in [2.45, 2.75) is 0 Å². The second-order valence-electron chi connectivity index (χ2n) is 14.5. The summed E-state index contributed by atoms with van der Waals surface area (Å²) in [5.74, 6) is 0. The Balaban J connectivity index is 0.999. The SMILES string of the molecule is c1ccc2c(c1)ccc1c2oc2cccc(-c3ccc(N(c4ccc(-n5c6ccccc6c6ccccc65)cc4)c4ccc5c(c4)sc4ccccc45)cc3)c21. The normalized spacial score (nSPS) is 11.9. The molecule has 3 aromatic heterocycles. The van der Waals surface area contributed by atoms with Gasteiger partial charge in [-0.05, 0) is 95.4 Å². The van der Waals surface area contributed by atoms with Crippen LogP contribution in [0.1, 0.15) is 0 Å². The van der Waals surface area contributed by atoms with Crippen LogP contribution in [0.3, 0.4) is 0 Å². The Labute approximate surface area is 326 Å². The molecule has 9 aromatic carbocycles. The van der Waals surface area contributed by atoms with Gasteiger partial charge in [0.1, 0.15) is 11.2 Å². The molecular weight excluding hydrogens is 701 g/mol. The zero-order valence-corrected chi connectivity index (χ0v) is 31.0. The molecule has 3 nitrogen and oxygen atoms in total. The van der Waals surface area contributed by atoms with Crippen molar-refractivity contribution in [3.63, 3.8) is 0 Å². The van der Waals surface area contributed by atoms with Gasteiger partial charge in [-0.2, -0.15) is 0 Å². The lowest BCUT2D eigenvalue weighted by molar-refractivity contribution is 0.673. The van der Waals surface area contributed by atoms with E-state index in [1.54, 1.807) is 0 Å². The average molecular weight is 733 g/mol. The van der Waals surface area contributed by atoms with E-state index in [2.05, 4.69) is 204 Å². The highest BCUT2D eigenvalue weighted by Crippen LogP contribution is 2.43. The number of furan rings is 1. The number of fused-ring (bicyclic) bond motifs is 11. The Bertz CT molecular complexity index is 3420. The van der Waals surface area contributed by atoms with Crippen LogP contribution in [-0.2, 0) is 0 Å². The minimum Gasteiger partial charge on any atom is -0.455 e. The molecule has 0 saturated heterocycles. The van der Waals surface area contributed by atoms with Gasteiger partial charge in [0.25, 0.3) is 0 Å². The molecule has 0 aliphatic heterocycles. The van der Waals surface area contributed by atoms with Crippen LogP contribution in [0.4, 0.5) is 17.1 Å². The van der Waals surface area contributed by atoms with Gasteiger partial charge in [0, 0.05) is 69.9 Å². The molecule has 0 radical (unpaired) electrons. The number of hydrogen-bond acceptors (Lipinski definition) is 3. The van der Waals surface area contributed by atoms with Crippen molar-refractivity contribution < 1.29 is 4.42 Å². The van der Waals surface area contributed by atoms with Gasteiger partial charge >= 0.3 is 0 Å². The Morgan fingerprint density at radius 2 is 1.04 bits per heavy atom. The third-order valence-electron chi connectivity index (χ3n) is 11.4. The van der Waals surface area contributed by atoms with Gasteiger partial charge in [-0.1, -0.05) is 115 Å². The van der Waals surface area contributed by atoms with Crippen LogP contribution in [0.2, 0.25) is 0 Å². The summed E-state index contributed by atoms with van der Waals surface area (Å²) in [6.07, 6.45) is 0. The van der Waals surface area contributed by atoms with E-state index in [4.69, 9.17) is 4.42 Å². The second-order valence-corrected chi connectivity index (χ2v) is 15.6. The molecule has 0 bridgehead atoms. The van der Waals surface area contributed by atoms with Gasteiger partial charge < -0.3 is 13.9 Å². The highest BCUT2D eigenvalue weighted by molar-refractivity contribution is 7.25. The summed E-state index contributed by atoms with van der Waals surface area (Å²) in [7, 11) is 0. The Kier molecular flexibility index (Phi) is 6.80. The molecule has 56 heavy (non-hydrogen) atoms. The molecule has 262 valence electrons. The van der Waals surface area contributed by atoms with Gasteiger partial charge in [-0.3, -0.25) is 0 Å². The van der Waals surface area contributed by atoms with Gasteiger partial charge in [-0.15, -0.1) is 11.3 Å². The molecule has 12 rings (SSSR count). The largest absolute Gasteiger partial charge is 0.455 e. The summed E-state index contributed by atoms with van der Waals surface area (Å²) in [6.45, 7) is 0. The van der Waals surface area contributed by atoms with E-state index >= 15 is 0 Å². The fraction of sp³-hybridized carbons (Fsp3) is 0. The number of anilines is 3. The first-order chi connectivity index (χ1) is 27.8. The van der Waals surface area contributed by atoms with E-state index in [-0.39, 0.29) is 0 Å². The Morgan fingerprint density at radius 1 is 0.429 bits per heavy atom. The predicted octanol–water partition coefficient (Wildman–Crippen LogP) is 15.3. The third kappa shape index (κ3) is 4.70. The van der Waals surface area contributed by atoms with E-state index in [0.717, 1.165) is 61.2 Å². The quantitative estimate of drug-likeness (QED) is 0.176. The van der Waals surface area contributed by atoms with Crippen LogP contribution in [0.5, 0.6) is 0 Å². The molecule has 3 heterocycles. The van der Waals surface area contributed by atoms with E-state index < -0.39 is 0 Å². The summed E-state index contributed by atoms with van der Waals surface area (Å²) < 4.78 is 11.5. The fourth-order valence-electron chi connectivity index (χ4n) is 8.84. The first-order valence-corrected chi connectivity index (χ1v) is 19.8. The van der Waals surface area contributed by atoms with Crippen LogP contribution in [0, 0.1) is 0 Å². The van der Waals surface area contributed by atoms with Crippen molar-refractivity contribution in [2.75, 3.05) is 4.90 Å². The number of hydrogen-bond donors (Lipinski definition) is 0. The molecule has 0 fully saturated rings. The number of aromatic nitrogens is 1. The molecule has 12 aromatic rings. The van der Waals surface area contributed by atoms with E-state index in [9.17, 15) is 0 Å². The third-order valence-corrected chi connectivity index (χ3v) is 12.5. The minimum absolute atomic E-state index is 0.902. The van der Waals surface area contributed by atoms with Crippen LogP contribution in [-0.4, -0.2) is 4.57 Å². The summed E-state index contributed by atoms with van der Waals surface area (Å²) in [6, 6.07) is 70.2. The smallest absolute Gasteiger partial charge is 0.143 e. The molecule has 0 saturated carbocycles. The van der Waals surface area contributed by atoms with Crippen LogP contribution < -0.4 is 4.90 Å². The maximum Gasteiger partial charge on any atom is 0.143 e. The van der Waals surface area contributed by atoms with Crippen LogP contribution in [0.15, 0.2) is 199 Å². The predicted molar refractivity (Wildman–Crippen MR) is 239 cm³/mol. The Morgan fingerprint density at radius 3 is 1.80 bits per heavy atom. The summed E-state index contributed by atoms with van der Waals surface area (Å²) >= 11 is 1.85. The summed E-state index contributed by atoms with van der Waals surface area (Å²) in [5.41, 5.74) is 11.0. The zero-order valence-electron chi connectivity index (χ0n) is 30.2. The van der Waals surface area contributed by atoms with Crippen LogP contribution >= 0.6 is 11.3 Å². The van der Waals surface area contributed by atoms with Crippen molar-refractivity contribution in [3.05, 3.63) is 194 Å². The molecule has 4 heteroatoms. The molecule has 0 unspecified atom stereocenters. The van der Waals surface area contributed by atoms with Crippen molar-refractivity contribution in [3.8, 4) is 16.8 Å². The first kappa shape index (κ1) is 31.2. The van der Waals surface area contributed by atoms with Crippen molar-refractivity contribution >= 4 is 103 Å². The Hall–Kier alpha value is -7.14. The maximum atomic E-state index is 6.54. The van der Waals surface area contributed by atoms with Crippen molar-refractivity contribution in [2.24, 2.45) is 0 Å². The number of benzene rings is 9. The first-order valence-electron chi connectivity index (χ1n) is 19.0. The number of rotatable bonds is 5. The summed E-state index contributed by atoms with van der Waals surface area (Å²) in [5, 5.41) is 9.73. The topological polar surface area (TPSA) is 21.3 Å². The lowest BCUT2D eigenvalue weighted by Gasteiger charge is -2.26. The fourth-order valence-corrected chi connectivity index (χ4v) is 9.98. The lowest BCUT2D eigenvalue weighted by atomic mass is 9.98. The number of para-hydroxylation sites is 2. The minimum atomic E-state index is 0.902. The van der Waals surface area contributed by atoms with E-state index in [1.807, 2.05) is 11.3 Å². The number of nitrogens with zero attached hydrogens (tertiary/aromatic N) is 2. The molecule has 0 atom stereocenters. The van der Waals surface area contributed by atoms with Gasteiger partial charge in [0.05, 0.1) is 11.0 Å². The highest BCUT2D eigenvalue weighted by Gasteiger charge is 2.19. The molecular formula is C52H32N2OS. The standard InChI is InChI=1S/C52H32N2OS/c1-2-11-40-33(10-1)22-30-45-51-39(15-9-18-48(51)55-52(40)45)34-20-23-35(24-21-34)53(38-29-31-44-43-14-5-8-19-49(43)56-50(44)32-38)36-25-27-37(28-26-36)54-46-16-6-3-12-41(46)42-13-4-7-17-47(42)54/h1-32H. The molecule has 0 N–H and O–H groups in total. The monoisotopic (exact) mass is 732 g/mol. The lowest BCUT2D eigenvalue weighted by Crippen LogP contribution is -2.10. The summed E-state index contributed by atoms with van der Waals surface area (Å²) in [4.78, 5) is 2.38. The second kappa shape index (κ2) is 12.2. The van der Waals surface area contributed by atoms with E-state index in [1.165, 1.54) is 47.4 Å². The maximum absolute atomic E-state index is 6.54. The highest BCUT2D eigenvalue weighted by atomic mass is 32.1. The molecule has 0 aliphatic carbocycles. The zero-order chi connectivity index (χ0) is 36.7. The number of thiophene rings is 1. The van der Waals surface area contributed by atoms with E-state index in [0.29, 0.717) is 0 Å². The van der Waals surface area contributed by atoms with Gasteiger partial charge in [0.2, 0.25) is 0 Å². The van der Waals surface area contributed by atoms with Crippen molar-refractivity contribution in [1.29, 1.82) is 0 Å². The molecule has 0 amide bonds.